The number of aromatic amines is 1. The first-order chi connectivity index (χ1) is 11.9. The molecule has 0 saturated carbocycles. The molecule has 25 heavy (non-hydrogen) atoms. The van der Waals surface area contributed by atoms with Gasteiger partial charge in [0.2, 0.25) is 10.0 Å². The standard InChI is InChI=1S/C18H18N2O4S/c21-18(22)17(10-14-11-19-16-9-5-4-8-15(14)16)20-25(23,24)12-13-6-2-1-3-7-13/h1-9,11,17,19-20H,10,12H2,(H,21,22)/t17-/m0/s1. The quantitative estimate of drug-likeness (QED) is 0.603. The molecular formula is C18H18N2O4S. The van der Waals surface area contributed by atoms with Gasteiger partial charge < -0.3 is 10.1 Å². The second-order valence-corrected chi connectivity index (χ2v) is 7.57. The Morgan fingerprint density at radius 3 is 2.48 bits per heavy atom. The summed E-state index contributed by atoms with van der Waals surface area (Å²) in [6, 6.07) is 14.9. The molecule has 0 aliphatic heterocycles. The van der Waals surface area contributed by atoms with E-state index in [1.54, 1.807) is 36.5 Å². The zero-order valence-corrected chi connectivity index (χ0v) is 14.2. The Kier molecular flexibility index (Phi) is 4.87. The molecule has 3 aromatic rings. The smallest absolute Gasteiger partial charge is 0.322 e. The van der Waals surface area contributed by atoms with E-state index >= 15 is 0 Å². The summed E-state index contributed by atoms with van der Waals surface area (Å²) in [5, 5.41) is 10.3. The first kappa shape index (κ1) is 17.2. The van der Waals surface area contributed by atoms with Gasteiger partial charge in [-0.15, -0.1) is 0 Å². The SMILES string of the molecule is O=C(O)[C@H](Cc1c[nH]c2ccccc12)NS(=O)(=O)Cc1ccccc1. The molecule has 0 aliphatic rings. The molecule has 0 bridgehead atoms. The summed E-state index contributed by atoms with van der Waals surface area (Å²) in [5.74, 6) is -1.46. The minimum absolute atomic E-state index is 0.0629. The average Bonchev–Trinajstić information content (AvgIpc) is 2.98. The Morgan fingerprint density at radius 2 is 1.76 bits per heavy atom. The second kappa shape index (κ2) is 7.08. The van der Waals surface area contributed by atoms with Crippen LogP contribution in [0.4, 0.5) is 0 Å². The molecule has 7 heteroatoms. The number of H-pyrrole nitrogens is 1. The van der Waals surface area contributed by atoms with Gasteiger partial charge in [-0.05, 0) is 17.2 Å². The Morgan fingerprint density at radius 1 is 1.08 bits per heavy atom. The molecule has 1 heterocycles. The van der Waals surface area contributed by atoms with E-state index in [2.05, 4.69) is 9.71 Å². The third-order valence-corrected chi connectivity index (χ3v) is 5.28. The van der Waals surface area contributed by atoms with E-state index < -0.39 is 22.0 Å². The van der Waals surface area contributed by atoms with Crippen LogP contribution in [0, 0.1) is 0 Å². The topological polar surface area (TPSA) is 99.3 Å². The van der Waals surface area contributed by atoms with Gasteiger partial charge in [0.25, 0.3) is 0 Å². The third-order valence-electron chi connectivity index (χ3n) is 3.92. The number of rotatable bonds is 7. The number of aliphatic carboxylic acids is 1. The lowest BCUT2D eigenvalue weighted by molar-refractivity contribution is -0.138. The predicted octanol–water partition coefficient (Wildman–Crippen LogP) is 2.28. The van der Waals surface area contributed by atoms with Crippen molar-refractivity contribution in [2.75, 3.05) is 0 Å². The summed E-state index contributed by atoms with van der Waals surface area (Å²) in [6.45, 7) is 0. The van der Waals surface area contributed by atoms with Gasteiger partial charge in [-0.2, -0.15) is 0 Å². The van der Waals surface area contributed by atoms with Gasteiger partial charge in [0.15, 0.2) is 0 Å². The van der Waals surface area contributed by atoms with Crippen LogP contribution < -0.4 is 4.72 Å². The molecule has 1 aromatic heterocycles. The van der Waals surface area contributed by atoms with Crippen LogP contribution in [0.1, 0.15) is 11.1 Å². The molecule has 130 valence electrons. The fourth-order valence-corrected chi connectivity index (χ4v) is 4.08. The van der Waals surface area contributed by atoms with E-state index in [0.717, 1.165) is 16.5 Å². The van der Waals surface area contributed by atoms with Crippen molar-refractivity contribution in [3.05, 3.63) is 71.9 Å². The highest BCUT2D eigenvalue weighted by Gasteiger charge is 2.25. The summed E-state index contributed by atoms with van der Waals surface area (Å²) in [4.78, 5) is 14.6. The van der Waals surface area contributed by atoms with Crippen LogP contribution in [-0.4, -0.2) is 30.5 Å². The third kappa shape index (κ3) is 4.26. The van der Waals surface area contributed by atoms with Crippen molar-refractivity contribution in [1.29, 1.82) is 0 Å². The van der Waals surface area contributed by atoms with Gasteiger partial charge in [-0.1, -0.05) is 48.5 Å². The lowest BCUT2D eigenvalue weighted by Gasteiger charge is -2.14. The maximum Gasteiger partial charge on any atom is 0.322 e. The van der Waals surface area contributed by atoms with Crippen molar-refractivity contribution in [3.8, 4) is 0 Å². The van der Waals surface area contributed by atoms with Crippen LogP contribution in [0.3, 0.4) is 0 Å². The Hall–Kier alpha value is -2.64. The maximum atomic E-state index is 12.3. The molecular weight excluding hydrogens is 340 g/mol. The van der Waals surface area contributed by atoms with Crippen molar-refractivity contribution in [2.24, 2.45) is 0 Å². The number of nitrogens with one attached hydrogen (secondary N) is 2. The minimum Gasteiger partial charge on any atom is -0.480 e. The van der Waals surface area contributed by atoms with Crippen molar-refractivity contribution >= 4 is 26.9 Å². The van der Waals surface area contributed by atoms with Crippen molar-refractivity contribution < 1.29 is 18.3 Å². The molecule has 0 radical (unpaired) electrons. The number of aromatic nitrogens is 1. The zero-order chi connectivity index (χ0) is 17.9. The Labute approximate surface area is 145 Å². The van der Waals surface area contributed by atoms with Crippen molar-refractivity contribution in [1.82, 2.24) is 9.71 Å². The molecule has 0 fully saturated rings. The maximum absolute atomic E-state index is 12.3. The van der Waals surface area contributed by atoms with E-state index in [0.29, 0.717) is 5.56 Å². The number of carboxylic acid groups (broad SMARTS) is 1. The first-order valence-corrected chi connectivity index (χ1v) is 9.41. The first-order valence-electron chi connectivity index (χ1n) is 7.76. The number of para-hydroxylation sites is 1. The number of hydrogen-bond acceptors (Lipinski definition) is 3. The lowest BCUT2D eigenvalue weighted by Crippen LogP contribution is -2.42. The van der Waals surface area contributed by atoms with Crippen molar-refractivity contribution in [3.63, 3.8) is 0 Å². The number of sulfonamides is 1. The lowest BCUT2D eigenvalue weighted by atomic mass is 10.1. The van der Waals surface area contributed by atoms with Crippen LogP contribution >= 0.6 is 0 Å². The van der Waals surface area contributed by atoms with Crippen LogP contribution in [0.15, 0.2) is 60.8 Å². The fraction of sp³-hybridized carbons (Fsp3) is 0.167. The Bertz CT molecular complexity index is 980. The number of benzene rings is 2. The summed E-state index contributed by atoms with van der Waals surface area (Å²) in [6.07, 6.45) is 1.78. The number of carboxylic acids is 1. The van der Waals surface area contributed by atoms with Gasteiger partial charge in [0.05, 0.1) is 5.75 Å². The normalized spacial score (nSPS) is 13.0. The Balaban J connectivity index is 1.78. The number of carbonyl (C=O) groups is 1. The monoisotopic (exact) mass is 358 g/mol. The van der Waals surface area contributed by atoms with E-state index in [9.17, 15) is 18.3 Å². The zero-order valence-electron chi connectivity index (χ0n) is 13.3. The predicted molar refractivity (Wildman–Crippen MR) is 95.6 cm³/mol. The highest BCUT2D eigenvalue weighted by molar-refractivity contribution is 7.88. The van der Waals surface area contributed by atoms with E-state index in [1.807, 2.05) is 24.3 Å². The van der Waals surface area contributed by atoms with Crippen LogP contribution in [-0.2, 0) is 27.0 Å². The molecule has 2 aromatic carbocycles. The summed E-state index contributed by atoms with van der Waals surface area (Å²) < 4.78 is 27.0. The highest BCUT2D eigenvalue weighted by Crippen LogP contribution is 2.19. The molecule has 3 rings (SSSR count). The van der Waals surface area contributed by atoms with Crippen LogP contribution in [0.5, 0.6) is 0 Å². The molecule has 1 atom stereocenters. The largest absolute Gasteiger partial charge is 0.480 e. The van der Waals surface area contributed by atoms with Gasteiger partial charge in [-0.25, -0.2) is 13.1 Å². The summed E-state index contributed by atoms with van der Waals surface area (Å²) in [5.41, 5.74) is 2.24. The molecule has 6 nitrogen and oxygen atoms in total. The molecule has 0 unspecified atom stereocenters. The summed E-state index contributed by atoms with van der Waals surface area (Å²) >= 11 is 0. The second-order valence-electron chi connectivity index (χ2n) is 5.82. The van der Waals surface area contributed by atoms with Crippen LogP contribution in [0.2, 0.25) is 0 Å². The van der Waals surface area contributed by atoms with E-state index in [-0.39, 0.29) is 12.2 Å². The average molecular weight is 358 g/mol. The molecule has 0 spiro atoms. The van der Waals surface area contributed by atoms with E-state index in [1.165, 1.54) is 0 Å². The fourth-order valence-electron chi connectivity index (χ4n) is 2.75. The van der Waals surface area contributed by atoms with E-state index in [4.69, 9.17) is 0 Å². The molecule has 0 amide bonds. The van der Waals surface area contributed by atoms with Crippen LogP contribution in [0.25, 0.3) is 10.9 Å². The van der Waals surface area contributed by atoms with Gasteiger partial charge in [-0.3, -0.25) is 4.79 Å². The molecule has 0 saturated heterocycles. The number of hydrogen-bond donors (Lipinski definition) is 3. The van der Waals surface area contributed by atoms with Gasteiger partial charge in [0, 0.05) is 23.5 Å². The van der Waals surface area contributed by atoms with Gasteiger partial charge >= 0.3 is 5.97 Å². The highest BCUT2D eigenvalue weighted by atomic mass is 32.2. The van der Waals surface area contributed by atoms with Gasteiger partial charge in [0.1, 0.15) is 6.04 Å². The molecule has 0 aliphatic carbocycles. The van der Waals surface area contributed by atoms with Crippen molar-refractivity contribution in [2.45, 2.75) is 18.2 Å². The number of fused-ring (bicyclic) bond motifs is 1. The molecule has 3 N–H and O–H groups in total. The minimum atomic E-state index is -3.78. The summed E-state index contributed by atoms with van der Waals surface area (Å²) in [7, 11) is -3.78.